The Labute approximate surface area is 235 Å². The molecule has 0 saturated heterocycles. The first-order chi connectivity index (χ1) is 20.0. The van der Waals surface area contributed by atoms with Crippen LogP contribution in [-0.4, -0.2) is 43.8 Å². The molecule has 5 aromatic rings. The molecule has 0 unspecified atom stereocenters. The highest BCUT2D eigenvalue weighted by molar-refractivity contribution is 6.51. The number of hydrogen-bond donors (Lipinski definition) is 3. The molecule has 0 bridgehead atoms. The van der Waals surface area contributed by atoms with E-state index in [2.05, 4.69) is 15.2 Å². The van der Waals surface area contributed by atoms with E-state index in [1.807, 2.05) is 73.7 Å². The maximum Gasteiger partial charge on any atom is 0.179 e. The van der Waals surface area contributed by atoms with Crippen molar-refractivity contribution in [3.63, 3.8) is 0 Å². The third kappa shape index (κ3) is 4.04. The molecule has 0 saturated carbocycles. The predicted molar refractivity (Wildman–Crippen MR) is 157 cm³/mol. The number of phenolic OH excluding ortho intramolecular Hbond substituents is 2. The van der Waals surface area contributed by atoms with E-state index in [0.29, 0.717) is 23.3 Å². The van der Waals surface area contributed by atoms with Crippen LogP contribution in [-0.2, 0) is 0 Å². The van der Waals surface area contributed by atoms with Crippen molar-refractivity contribution in [2.75, 3.05) is 17.3 Å². The number of amidine groups is 2. The van der Waals surface area contributed by atoms with E-state index in [0.717, 1.165) is 39.6 Å². The Balaban J connectivity index is 1.48. The van der Waals surface area contributed by atoms with Crippen LogP contribution in [0.1, 0.15) is 22.9 Å². The first-order valence-corrected chi connectivity index (χ1v) is 13.0. The van der Waals surface area contributed by atoms with Crippen LogP contribution in [0.15, 0.2) is 101 Å². The summed E-state index contributed by atoms with van der Waals surface area (Å²) in [7, 11) is 1.63. The number of rotatable bonds is 4. The van der Waals surface area contributed by atoms with Crippen LogP contribution in [0.3, 0.4) is 0 Å². The first-order valence-electron chi connectivity index (χ1n) is 13.0. The minimum Gasteiger partial charge on any atom is -0.504 e. The molecule has 1 atom stereocenters. The lowest BCUT2D eigenvalue weighted by Gasteiger charge is -2.40. The molecule has 202 valence electrons. The number of para-hydroxylation sites is 2. The van der Waals surface area contributed by atoms with Gasteiger partial charge in [0, 0.05) is 17.4 Å². The smallest absolute Gasteiger partial charge is 0.179 e. The summed E-state index contributed by atoms with van der Waals surface area (Å²) in [6, 6.07) is 25.5. The highest BCUT2D eigenvalue weighted by Crippen LogP contribution is 2.49. The summed E-state index contributed by atoms with van der Waals surface area (Å²) in [6.07, 6.45) is 1.71. The van der Waals surface area contributed by atoms with Crippen molar-refractivity contribution in [1.82, 2.24) is 14.8 Å². The maximum absolute atomic E-state index is 10.5. The highest BCUT2D eigenvalue weighted by Gasteiger charge is 2.41. The number of aromatic hydroxyl groups is 2. The van der Waals surface area contributed by atoms with Crippen molar-refractivity contribution in [3.8, 4) is 23.1 Å². The molecule has 0 amide bonds. The van der Waals surface area contributed by atoms with E-state index in [-0.39, 0.29) is 11.5 Å². The third-order valence-electron chi connectivity index (χ3n) is 7.17. The molecular weight excluding hydrogens is 518 g/mol. The topological polar surface area (TPSA) is 120 Å². The Kier molecular flexibility index (Phi) is 5.67. The monoisotopic (exact) mass is 543 g/mol. The number of nitrogens with zero attached hydrogens (tertiary/aromatic N) is 6. The van der Waals surface area contributed by atoms with Gasteiger partial charge in [-0.1, -0.05) is 24.3 Å². The zero-order valence-corrected chi connectivity index (χ0v) is 22.2. The number of pyridine rings is 1. The number of ether oxygens (including phenoxy) is 1. The van der Waals surface area contributed by atoms with Crippen LogP contribution in [0, 0.1) is 6.92 Å². The number of benzene rings is 3. The van der Waals surface area contributed by atoms with Gasteiger partial charge in [0.1, 0.15) is 5.75 Å². The van der Waals surface area contributed by atoms with Crippen molar-refractivity contribution in [2.24, 2.45) is 9.98 Å². The molecule has 3 N–H and O–H groups in total. The van der Waals surface area contributed by atoms with Gasteiger partial charge in [-0.2, -0.15) is 9.78 Å². The summed E-state index contributed by atoms with van der Waals surface area (Å²) < 4.78 is 7.06. The largest absolute Gasteiger partial charge is 0.504 e. The van der Waals surface area contributed by atoms with Gasteiger partial charge in [-0.25, -0.2) is 15.0 Å². The number of methoxy groups -OCH3 is 1. The number of fused-ring (bicyclic) bond motifs is 4. The Morgan fingerprint density at radius 2 is 1.68 bits per heavy atom. The molecule has 10 nitrogen and oxygen atoms in total. The van der Waals surface area contributed by atoms with Gasteiger partial charge < -0.3 is 25.2 Å². The Morgan fingerprint density at radius 3 is 2.44 bits per heavy atom. The van der Waals surface area contributed by atoms with Crippen molar-refractivity contribution in [2.45, 2.75) is 13.0 Å². The fourth-order valence-corrected chi connectivity index (χ4v) is 5.27. The number of aryl methyl sites for hydroxylation is 1. The molecule has 10 heteroatoms. The average Bonchev–Trinajstić information content (AvgIpc) is 3.34. The molecule has 2 aliphatic heterocycles. The van der Waals surface area contributed by atoms with Crippen molar-refractivity contribution in [3.05, 3.63) is 108 Å². The summed E-state index contributed by atoms with van der Waals surface area (Å²) >= 11 is 0. The molecule has 0 aliphatic carbocycles. The van der Waals surface area contributed by atoms with Gasteiger partial charge in [-0.05, 0) is 73.2 Å². The first kappa shape index (κ1) is 24.4. The minimum atomic E-state index is -0.453. The van der Waals surface area contributed by atoms with Gasteiger partial charge in [0.15, 0.2) is 34.8 Å². The minimum absolute atomic E-state index is 0.193. The summed E-state index contributed by atoms with van der Waals surface area (Å²) in [5, 5.41) is 29.0. The quantitative estimate of drug-likeness (QED) is 0.245. The standard InChI is InChI=1S/C31H25N7O3/c1-18-27-28(19-10-15-24(39)25(40)17-19)37-23-8-4-3-7-22(23)34-29(33-20-11-13-21(41-2)14-12-20)31(37)35-30(27)38(36-18)26-9-5-6-16-32-26/h3-17,28,39-40H,1-2H3,(H,33,34)/t28-/m0/s1. The lowest BCUT2D eigenvalue weighted by atomic mass is 9.93. The van der Waals surface area contributed by atoms with Crippen LogP contribution in [0.5, 0.6) is 17.2 Å². The van der Waals surface area contributed by atoms with Crippen LogP contribution in [0.2, 0.25) is 0 Å². The number of anilines is 2. The van der Waals surface area contributed by atoms with Crippen molar-refractivity contribution >= 4 is 34.6 Å². The van der Waals surface area contributed by atoms with Gasteiger partial charge in [0.05, 0.1) is 30.2 Å². The second-order valence-electron chi connectivity index (χ2n) is 9.68. The Bertz CT molecular complexity index is 1850. The second kappa shape index (κ2) is 9.53. The average molecular weight is 544 g/mol. The predicted octanol–water partition coefficient (Wildman–Crippen LogP) is 5.79. The third-order valence-corrected chi connectivity index (χ3v) is 7.17. The summed E-state index contributed by atoms with van der Waals surface area (Å²) in [5.41, 5.74) is 4.78. The number of phenols is 2. The van der Waals surface area contributed by atoms with E-state index in [1.54, 1.807) is 30.1 Å². The molecular formula is C31H25N7O3. The maximum atomic E-state index is 10.5. The van der Waals surface area contributed by atoms with Gasteiger partial charge in [0.2, 0.25) is 0 Å². The number of nitrogens with one attached hydrogen (secondary N) is 1. The SMILES string of the molecule is COc1ccc(NC2=Nc3ccccc3N3C2=Nc2c(c(C)nn2-c2ccccn2)[C@@H]3c2ccc(O)c(O)c2)cc1. The molecule has 7 rings (SSSR count). The zero-order chi connectivity index (χ0) is 28.1. The van der Waals surface area contributed by atoms with E-state index in [1.165, 1.54) is 6.07 Å². The highest BCUT2D eigenvalue weighted by atomic mass is 16.5. The van der Waals surface area contributed by atoms with Gasteiger partial charge in [-0.15, -0.1) is 0 Å². The van der Waals surface area contributed by atoms with E-state index in [4.69, 9.17) is 19.8 Å². The molecule has 0 fully saturated rings. The Hall–Kier alpha value is -5.64. The summed E-state index contributed by atoms with van der Waals surface area (Å²) in [4.78, 5) is 16.8. The van der Waals surface area contributed by atoms with Crippen LogP contribution < -0.4 is 15.0 Å². The lowest BCUT2D eigenvalue weighted by molar-refractivity contribution is 0.403. The molecule has 41 heavy (non-hydrogen) atoms. The molecule has 0 radical (unpaired) electrons. The number of aliphatic imine (C=N–C) groups is 2. The summed E-state index contributed by atoms with van der Waals surface area (Å²) in [6.45, 7) is 1.94. The molecule has 3 aromatic carbocycles. The normalized spacial score (nSPS) is 15.3. The van der Waals surface area contributed by atoms with Gasteiger partial charge in [0.25, 0.3) is 0 Å². The van der Waals surface area contributed by atoms with E-state index in [9.17, 15) is 10.2 Å². The summed E-state index contributed by atoms with van der Waals surface area (Å²) in [5.74, 6) is 2.68. The van der Waals surface area contributed by atoms with Gasteiger partial charge in [-0.3, -0.25) is 0 Å². The number of hydrogen-bond acceptors (Lipinski definition) is 9. The lowest BCUT2D eigenvalue weighted by Crippen LogP contribution is -2.46. The number of aromatic nitrogens is 3. The molecule has 4 heterocycles. The van der Waals surface area contributed by atoms with Crippen molar-refractivity contribution in [1.29, 1.82) is 0 Å². The van der Waals surface area contributed by atoms with Crippen molar-refractivity contribution < 1.29 is 14.9 Å². The molecule has 0 spiro atoms. The zero-order valence-electron chi connectivity index (χ0n) is 22.2. The van der Waals surface area contributed by atoms with Crippen LogP contribution in [0.25, 0.3) is 5.82 Å². The van der Waals surface area contributed by atoms with Crippen LogP contribution >= 0.6 is 0 Å². The molecule has 2 aliphatic rings. The second-order valence-corrected chi connectivity index (χ2v) is 9.68. The van der Waals surface area contributed by atoms with Crippen LogP contribution in [0.4, 0.5) is 22.9 Å². The Morgan fingerprint density at radius 1 is 0.878 bits per heavy atom. The van der Waals surface area contributed by atoms with E-state index < -0.39 is 6.04 Å². The van der Waals surface area contributed by atoms with E-state index >= 15 is 0 Å². The molecule has 2 aromatic heterocycles. The fourth-order valence-electron chi connectivity index (χ4n) is 5.27. The van der Waals surface area contributed by atoms with Gasteiger partial charge >= 0.3 is 0 Å². The fraction of sp³-hybridized carbons (Fsp3) is 0.0968.